The number of ether oxygens (including phenoxy) is 2. The smallest absolute Gasteiger partial charge is 0.459 e. The molecule has 0 saturated heterocycles. The summed E-state index contributed by atoms with van der Waals surface area (Å²) in [7, 11) is -4.16. The van der Waals surface area contributed by atoms with Gasteiger partial charge in [0.25, 0.3) is 0 Å². The van der Waals surface area contributed by atoms with E-state index < -0.39 is 25.3 Å². The first kappa shape index (κ1) is 33.3. The van der Waals surface area contributed by atoms with Crippen LogP contribution in [0.5, 0.6) is 5.75 Å². The number of fused-ring (bicyclic) bond motifs is 3. The lowest BCUT2D eigenvalue weighted by Crippen LogP contribution is -2.40. The van der Waals surface area contributed by atoms with Gasteiger partial charge in [0, 0.05) is 24.4 Å². The van der Waals surface area contributed by atoms with E-state index >= 15 is 0 Å². The Balaban J connectivity index is 1.81. The molecule has 0 aliphatic carbocycles. The van der Waals surface area contributed by atoms with E-state index in [0.717, 1.165) is 29.3 Å². The van der Waals surface area contributed by atoms with Crippen LogP contribution in [0.25, 0.3) is 21.9 Å². The summed E-state index contributed by atoms with van der Waals surface area (Å²) in [4.78, 5) is 26.2. The monoisotopic (exact) mass is 626 g/mol. The Labute approximate surface area is 258 Å². The molecule has 1 aromatic carbocycles. The maximum Gasteiger partial charge on any atom is 0.459 e. The summed E-state index contributed by atoms with van der Waals surface area (Å²) >= 11 is 0. The van der Waals surface area contributed by atoms with Crippen LogP contribution in [0.3, 0.4) is 0 Å². The van der Waals surface area contributed by atoms with Crippen LogP contribution in [-0.4, -0.2) is 50.8 Å². The third kappa shape index (κ3) is 7.74. The van der Waals surface area contributed by atoms with Gasteiger partial charge in [0.05, 0.1) is 29.3 Å². The third-order valence-electron chi connectivity index (χ3n) is 7.11. The van der Waals surface area contributed by atoms with E-state index in [4.69, 9.17) is 29.2 Å². The molecule has 3 heterocycles. The number of esters is 1. The topological polar surface area (TPSA) is 153 Å². The van der Waals surface area contributed by atoms with Crippen molar-refractivity contribution >= 4 is 41.5 Å². The number of benzene rings is 1. The predicted molar refractivity (Wildman–Crippen MR) is 170 cm³/mol. The van der Waals surface area contributed by atoms with Gasteiger partial charge in [0.15, 0.2) is 5.82 Å². The molecule has 0 aliphatic rings. The Bertz CT molecular complexity index is 1610. The quantitative estimate of drug-likeness (QED) is 0.109. The largest absolute Gasteiger partial charge is 0.462 e. The van der Waals surface area contributed by atoms with Crippen LogP contribution in [0.2, 0.25) is 0 Å². The van der Waals surface area contributed by atoms with Crippen molar-refractivity contribution in [2.45, 2.75) is 85.1 Å². The summed E-state index contributed by atoms with van der Waals surface area (Å²) in [6, 6.07) is 9.89. The summed E-state index contributed by atoms with van der Waals surface area (Å²) in [6.07, 6.45) is 5.08. The number of nitrogen functional groups attached to an aromatic ring is 1. The number of unbranched alkanes of at least 4 members (excludes halogenated alkanes) is 1. The van der Waals surface area contributed by atoms with Crippen molar-refractivity contribution < 1.29 is 27.9 Å². The summed E-state index contributed by atoms with van der Waals surface area (Å²) in [5.74, 6) is 0.635. The van der Waals surface area contributed by atoms with Crippen LogP contribution >= 0.6 is 7.75 Å². The average molecular weight is 627 g/mol. The van der Waals surface area contributed by atoms with Crippen molar-refractivity contribution in [3.05, 3.63) is 54.6 Å². The molecule has 0 fully saturated rings. The molecule has 12 nitrogen and oxygen atoms in total. The first-order valence-corrected chi connectivity index (χ1v) is 16.5. The number of aromatic nitrogens is 4. The van der Waals surface area contributed by atoms with Gasteiger partial charge in [-0.25, -0.2) is 14.5 Å². The fourth-order valence-electron chi connectivity index (χ4n) is 5.00. The molecule has 0 bridgehead atoms. The van der Waals surface area contributed by atoms with Gasteiger partial charge in [-0.15, -0.1) is 0 Å². The Morgan fingerprint density at radius 3 is 2.52 bits per heavy atom. The lowest BCUT2D eigenvalue weighted by atomic mass is 9.94. The Morgan fingerprint density at radius 2 is 1.84 bits per heavy atom. The number of nitrogens with zero attached hydrogens (tertiary/aromatic N) is 4. The molecule has 13 heteroatoms. The Kier molecular flexibility index (Phi) is 11.0. The van der Waals surface area contributed by atoms with Crippen molar-refractivity contribution in [1.82, 2.24) is 24.6 Å². The van der Waals surface area contributed by atoms with Gasteiger partial charge < -0.3 is 24.3 Å². The fourth-order valence-corrected chi connectivity index (χ4v) is 6.61. The van der Waals surface area contributed by atoms with Crippen LogP contribution < -0.4 is 15.3 Å². The van der Waals surface area contributed by atoms with Gasteiger partial charge in [-0.3, -0.25) is 14.3 Å². The number of nitrogens with two attached hydrogens (primary N) is 1. The molecule has 0 saturated carbocycles. The highest BCUT2D eigenvalue weighted by Crippen LogP contribution is 2.47. The molecule has 0 amide bonds. The van der Waals surface area contributed by atoms with Crippen LogP contribution in [0.4, 0.5) is 5.82 Å². The molecule has 0 unspecified atom stereocenters. The zero-order valence-corrected chi connectivity index (χ0v) is 27.2. The molecule has 0 radical (unpaired) electrons. The van der Waals surface area contributed by atoms with E-state index in [1.807, 2.05) is 38.1 Å². The van der Waals surface area contributed by atoms with Crippen molar-refractivity contribution in [3.8, 4) is 5.75 Å². The Morgan fingerprint density at radius 1 is 1.11 bits per heavy atom. The lowest BCUT2D eigenvalue weighted by molar-refractivity contribution is -0.149. The summed E-state index contributed by atoms with van der Waals surface area (Å²) in [6.45, 7) is 11.7. The number of carbonyl (C=O) groups excluding carboxylic acids is 1. The molecule has 238 valence electrons. The van der Waals surface area contributed by atoms with Crippen molar-refractivity contribution in [1.29, 1.82) is 0 Å². The van der Waals surface area contributed by atoms with Crippen molar-refractivity contribution in [2.75, 3.05) is 18.9 Å². The predicted octanol–water partition coefficient (Wildman–Crippen LogP) is 6.14. The standard InChI is InChI=1S/C31H43N6O6P/c1-7-9-16-31(6,20-41-44(39,43-23-14-17-33-18-15-23)36-22(5)30(38)42-21(3)4)37-26(19-40-8-2)35-27-28(37)24-12-10-11-13-25(24)34-29(27)32/h10-15,17-18,21-22H,7-9,16,19-20H2,1-6H3,(H2,32,34)(H,36,39)/t22-,31+,44+/m0/s1. The molecular weight excluding hydrogens is 583 g/mol. The minimum absolute atomic E-state index is 0.0601. The highest BCUT2D eigenvalue weighted by molar-refractivity contribution is 7.52. The SMILES string of the molecule is CCCC[C@](C)(CO[P@](=O)(N[C@@H](C)C(=O)OC(C)C)Oc1ccncc1)n1c(COCC)nc2c(N)nc3ccccc3c21. The molecule has 44 heavy (non-hydrogen) atoms. The number of pyridine rings is 2. The van der Waals surface area contributed by atoms with Crippen LogP contribution in [0.1, 0.15) is 66.6 Å². The molecule has 4 aromatic rings. The molecule has 4 rings (SSSR count). The number of nitrogens with one attached hydrogen (secondary N) is 1. The number of rotatable bonds is 16. The Hall–Kier alpha value is -3.57. The second-order valence-corrected chi connectivity index (χ2v) is 12.9. The molecule has 0 spiro atoms. The first-order valence-electron chi connectivity index (χ1n) is 15.0. The molecule has 3 aromatic heterocycles. The van der Waals surface area contributed by atoms with Gasteiger partial charge in [-0.2, -0.15) is 5.09 Å². The van der Waals surface area contributed by atoms with Gasteiger partial charge in [0.2, 0.25) is 0 Å². The van der Waals surface area contributed by atoms with Gasteiger partial charge in [0.1, 0.15) is 29.7 Å². The normalized spacial score (nSPS) is 15.2. The average Bonchev–Trinajstić information content (AvgIpc) is 3.39. The number of hydrogen-bond acceptors (Lipinski definition) is 10. The van der Waals surface area contributed by atoms with Crippen LogP contribution in [-0.2, 0) is 35.5 Å². The van der Waals surface area contributed by atoms with Gasteiger partial charge >= 0.3 is 13.7 Å². The molecule has 3 atom stereocenters. The van der Waals surface area contributed by atoms with Crippen LogP contribution in [0.15, 0.2) is 48.8 Å². The minimum atomic E-state index is -4.16. The summed E-state index contributed by atoms with van der Waals surface area (Å²) < 4.78 is 39.8. The number of para-hydroxylation sites is 1. The second-order valence-electron chi connectivity index (χ2n) is 11.2. The van der Waals surface area contributed by atoms with Crippen LogP contribution in [0, 0.1) is 0 Å². The number of hydrogen-bond donors (Lipinski definition) is 2. The fraction of sp³-hybridized carbons (Fsp3) is 0.484. The first-order chi connectivity index (χ1) is 21.0. The highest BCUT2D eigenvalue weighted by Gasteiger charge is 2.39. The number of imidazole rings is 1. The van der Waals surface area contributed by atoms with Gasteiger partial charge in [-0.1, -0.05) is 38.0 Å². The maximum absolute atomic E-state index is 14.4. The third-order valence-corrected chi connectivity index (χ3v) is 8.74. The minimum Gasteiger partial charge on any atom is -0.462 e. The van der Waals surface area contributed by atoms with E-state index in [1.165, 1.54) is 12.4 Å². The summed E-state index contributed by atoms with van der Waals surface area (Å²) in [5.41, 5.74) is 7.72. The van der Waals surface area contributed by atoms with E-state index in [9.17, 15) is 9.36 Å². The molecule has 0 aliphatic heterocycles. The van der Waals surface area contributed by atoms with Crippen molar-refractivity contribution in [2.24, 2.45) is 0 Å². The van der Waals surface area contributed by atoms with E-state index in [1.54, 1.807) is 32.9 Å². The highest BCUT2D eigenvalue weighted by atomic mass is 31.2. The second kappa shape index (κ2) is 14.5. The van der Waals surface area contributed by atoms with E-state index in [2.05, 4.69) is 26.5 Å². The maximum atomic E-state index is 14.4. The van der Waals surface area contributed by atoms with E-state index in [-0.39, 0.29) is 25.1 Å². The molecule has 3 N–H and O–H groups in total. The van der Waals surface area contributed by atoms with E-state index in [0.29, 0.717) is 30.2 Å². The zero-order chi connectivity index (χ0) is 31.9. The number of anilines is 1. The molecular formula is C31H43N6O6P. The van der Waals surface area contributed by atoms with Crippen molar-refractivity contribution in [3.63, 3.8) is 0 Å². The van der Waals surface area contributed by atoms with Gasteiger partial charge in [-0.05, 0) is 59.2 Å². The summed E-state index contributed by atoms with van der Waals surface area (Å²) in [5, 5.41) is 3.65. The number of carbonyl (C=O) groups is 1. The zero-order valence-electron chi connectivity index (χ0n) is 26.3. The lowest BCUT2D eigenvalue weighted by Gasteiger charge is -2.35.